The van der Waals surface area contributed by atoms with Crippen LogP contribution < -0.4 is 10.6 Å². The molecule has 0 bridgehead atoms. The van der Waals surface area contributed by atoms with Crippen molar-refractivity contribution in [1.82, 2.24) is 19.3 Å². The van der Waals surface area contributed by atoms with Crippen LogP contribution in [0.15, 0.2) is 78.1 Å². The number of hydrogen-bond acceptors (Lipinski definition) is 8. The number of nitrogens with two attached hydrogens (primary N) is 1. The fourth-order valence-corrected chi connectivity index (χ4v) is 6.38. The second-order valence-electron chi connectivity index (χ2n) is 11.7. The number of carbonyl (C=O) groups is 1. The van der Waals surface area contributed by atoms with E-state index in [0.717, 1.165) is 15.4 Å². The van der Waals surface area contributed by atoms with Gasteiger partial charge in [-0.2, -0.15) is 4.31 Å². The largest absolute Gasteiger partial charge is 0.480 e. The number of sulfonamides is 1. The first-order valence-electron chi connectivity index (χ1n) is 14.5. The lowest BCUT2D eigenvalue weighted by Gasteiger charge is -2.38. The van der Waals surface area contributed by atoms with Crippen LogP contribution in [0.2, 0.25) is 0 Å². The number of carboxylic acid groups (broad SMARTS) is 1. The third-order valence-corrected chi connectivity index (χ3v) is 9.58. The number of aliphatic carboxylic acids is 1. The molecule has 13 heteroatoms. The number of fused-ring (bicyclic) bond motifs is 1. The molecule has 0 unspecified atom stereocenters. The van der Waals surface area contributed by atoms with Gasteiger partial charge in [0.15, 0.2) is 0 Å². The van der Waals surface area contributed by atoms with E-state index in [4.69, 9.17) is 5.73 Å². The number of rotatable bonds is 7. The van der Waals surface area contributed by atoms with Crippen LogP contribution in [0, 0.1) is 0 Å². The second-order valence-corrected chi connectivity index (χ2v) is 13.6. The molecule has 3 heterocycles. The molecular weight excluding hydrogens is 602 g/mol. The van der Waals surface area contributed by atoms with Gasteiger partial charge in [-0.3, -0.25) is 9.78 Å². The summed E-state index contributed by atoms with van der Waals surface area (Å²) in [5.41, 5.74) is 8.44. The molecule has 1 fully saturated rings. The van der Waals surface area contributed by atoms with Crippen molar-refractivity contribution < 1.29 is 27.1 Å². The highest BCUT2D eigenvalue weighted by Gasteiger charge is 2.40. The summed E-state index contributed by atoms with van der Waals surface area (Å²) in [7, 11) is -3.98. The summed E-state index contributed by atoms with van der Waals surface area (Å²) >= 11 is 0. The van der Waals surface area contributed by atoms with E-state index in [0.29, 0.717) is 29.9 Å². The number of pyridine rings is 1. The van der Waals surface area contributed by atoms with E-state index in [2.05, 4.69) is 15.0 Å². The van der Waals surface area contributed by atoms with Gasteiger partial charge in [-0.15, -0.1) is 0 Å². The first kappa shape index (κ1) is 33.8. The molecule has 2 aromatic heterocycles. The molecule has 0 aliphatic carbocycles. The van der Waals surface area contributed by atoms with Crippen molar-refractivity contribution in [2.45, 2.75) is 62.9 Å². The summed E-state index contributed by atoms with van der Waals surface area (Å²) in [6.07, 6.45) is 4.59. The van der Waals surface area contributed by atoms with Crippen LogP contribution in [0.5, 0.6) is 0 Å². The summed E-state index contributed by atoms with van der Waals surface area (Å²) in [5, 5.41) is 9.83. The van der Waals surface area contributed by atoms with Crippen LogP contribution in [0.25, 0.3) is 11.0 Å². The highest BCUT2D eigenvalue weighted by Crippen LogP contribution is 2.31. The van der Waals surface area contributed by atoms with Gasteiger partial charge < -0.3 is 15.7 Å². The number of halogens is 2. The topological polar surface area (TPSA) is 143 Å². The highest BCUT2D eigenvalue weighted by molar-refractivity contribution is 7.89. The molecule has 1 aliphatic rings. The third-order valence-electron chi connectivity index (χ3n) is 7.66. The van der Waals surface area contributed by atoms with E-state index in [9.17, 15) is 27.1 Å². The van der Waals surface area contributed by atoms with Crippen LogP contribution >= 0.6 is 0 Å². The summed E-state index contributed by atoms with van der Waals surface area (Å²) in [5.74, 6) is -3.42. The summed E-state index contributed by atoms with van der Waals surface area (Å²) in [6, 6.07) is 13.3. The van der Waals surface area contributed by atoms with Crippen LogP contribution in [0.1, 0.15) is 50.8 Å². The third kappa shape index (κ3) is 7.78. The Labute approximate surface area is 262 Å². The number of alkyl halides is 2. The molecule has 1 saturated heterocycles. The lowest BCUT2D eigenvalue weighted by Crippen LogP contribution is -2.58. The molecule has 0 saturated carbocycles. The van der Waals surface area contributed by atoms with Crippen LogP contribution in [0.4, 0.5) is 14.6 Å². The van der Waals surface area contributed by atoms with Crippen LogP contribution in [-0.4, -0.2) is 64.4 Å². The number of anilines is 1. The maximum Gasteiger partial charge on any atom is 0.323 e. The van der Waals surface area contributed by atoms with Gasteiger partial charge in [0.25, 0.3) is 5.92 Å². The molecule has 3 N–H and O–H groups in total. The van der Waals surface area contributed by atoms with Gasteiger partial charge in [0.2, 0.25) is 10.0 Å². The average Bonchev–Trinajstić information content (AvgIpc) is 3.04. The Kier molecular flexibility index (Phi) is 10.2. The van der Waals surface area contributed by atoms with E-state index in [1.54, 1.807) is 66.0 Å². The maximum absolute atomic E-state index is 13.3. The minimum absolute atomic E-state index is 0.0242. The Bertz CT molecular complexity index is 1730. The zero-order chi connectivity index (χ0) is 33.0. The monoisotopic (exact) mass is 640 g/mol. The minimum Gasteiger partial charge on any atom is -0.480 e. The number of benzene rings is 2. The standard InChI is InChI=1S/C22H25N5O4S.C10H13F2N/c1-22(2,3)15-4-6-16(7-5-15)32(30,31)27-11-10-26(14-19(27)21(28)29)20-13-24-18-12-23-9-8-17(18)25-20;1-2-10(11,12)9-5-3-8(7-13)4-6-9/h4-9,12-13,19H,10-11,14H2,1-3H3,(H,28,29);3-6H,2,7,13H2,1H3/t19-;/m1./s1. The highest BCUT2D eigenvalue weighted by atomic mass is 32.2. The van der Waals surface area contributed by atoms with Crippen molar-refractivity contribution >= 4 is 32.8 Å². The molecule has 1 atom stereocenters. The van der Waals surface area contributed by atoms with E-state index < -0.39 is 28.0 Å². The number of carboxylic acids is 1. The predicted molar refractivity (Wildman–Crippen MR) is 169 cm³/mol. The Morgan fingerprint density at radius 1 is 0.978 bits per heavy atom. The molecule has 10 nitrogen and oxygen atoms in total. The Balaban J connectivity index is 0.000000297. The van der Waals surface area contributed by atoms with Crippen molar-refractivity contribution in [2.24, 2.45) is 5.73 Å². The predicted octanol–water partition coefficient (Wildman–Crippen LogP) is 4.93. The number of hydrogen-bond donors (Lipinski definition) is 2. The van der Waals surface area contributed by atoms with Gasteiger partial charge >= 0.3 is 5.97 Å². The Morgan fingerprint density at radius 2 is 1.62 bits per heavy atom. The van der Waals surface area contributed by atoms with Gasteiger partial charge in [-0.1, -0.05) is 64.1 Å². The fourth-order valence-electron chi connectivity index (χ4n) is 4.82. The maximum atomic E-state index is 13.3. The lowest BCUT2D eigenvalue weighted by molar-refractivity contribution is -0.141. The van der Waals surface area contributed by atoms with E-state index in [-0.39, 0.29) is 35.4 Å². The molecule has 240 valence electrons. The van der Waals surface area contributed by atoms with E-state index in [1.807, 2.05) is 20.8 Å². The van der Waals surface area contributed by atoms with Gasteiger partial charge in [0.05, 0.1) is 22.8 Å². The Morgan fingerprint density at radius 3 is 2.20 bits per heavy atom. The number of aromatic nitrogens is 3. The normalized spacial score (nSPS) is 16.2. The first-order valence-corrected chi connectivity index (χ1v) is 16.0. The average molecular weight is 641 g/mol. The zero-order valence-electron chi connectivity index (χ0n) is 25.7. The summed E-state index contributed by atoms with van der Waals surface area (Å²) in [4.78, 5) is 26.7. The van der Waals surface area contributed by atoms with Gasteiger partial charge in [0, 0.05) is 44.4 Å². The zero-order valence-corrected chi connectivity index (χ0v) is 26.5. The lowest BCUT2D eigenvalue weighted by atomic mass is 9.87. The number of piperazine rings is 1. The molecule has 0 spiro atoms. The first-order chi connectivity index (χ1) is 21.2. The van der Waals surface area contributed by atoms with Crippen LogP contribution in [-0.2, 0) is 32.7 Å². The molecule has 2 aromatic carbocycles. The quantitative estimate of drug-likeness (QED) is 0.287. The number of nitrogens with zero attached hydrogens (tertiary/aromatic N) is 5. The summed E-state index contributed by atoms with van der Waals surface area (Å²) in [6.45, 7) is 8.28. The molecule has 45 heavy (non-hydrogen) atoms. The van der Waals surface area contributed by atoms with Crippen molar-refractivity contribution in [2.75, 3.05) is 24.5 Å². The van der Waals surface area contributed by atoms with Crippen molar-refractivity contribution in [3.05, 3.63) is 89.9 Å². The van der Waals surface area contributed by atoms with Gasteiger partial charge in [-0.25, -0.2) is 27.2 Å². The molecule has 4 aromatic rings. The van der Waals surface area contributed by atoms with Gasteiger partial charge in [-0.05, 0) is 34.7 Å². The van der Waals surface area contributed by atoms with Crippen LogP contribution in [0.3, 0.4) is 0 Å². The molecule has 5 rings (SSSR count). The molecule has 1 aliphatic heterocycles. The van der Waals surface area contributed by atoms with Crippen molar-refractivity contribution in [3.63, 3.8) is 0 Å². The van der Waals surface area contributed by atoms with Crippen molar-refractivity contribution in [1.29, 1.82) is 0 Å². The molecular formula is C32H38F2N6O4S. The van der Waals surface area contributed by atoms with E-state index in [1.165, 1.54) is 19.1 Å². The van der Waals surface area contributed by atoms with Gasteiger partial charge in [0.1, 0.15) is 17.4 Å². The second kappa shape index (κ2) is 13.5. The minimum atomic E-state index is -3.98. The van der Waals surface area contributed by atoms with Crippen molar-refractivity contribution in [3.8, 4) is 0 Å². The summed E-state index contributed by atoms with van der Waals surface area (Å²) < 4.78 is 53.8. The Hall–Kier alpha value is -4.07. The molecule has 0 amide bonds. The smallest absolute Gasteiger partial charge is 0.323 e. The fraction of sp³-hybridized carbons (Fsp3) is 0.375. The van der Waals surface area contributed by atoms with E-state index >= 15 is 0 Å². The SMILES string of the molecule is CC(C)(C)c1ccc(S(=O)(=O)N2CCN(c3cnc4cnccc4n3)C[C@@H]2C(=O)O)cc1.CCC(F)(F)c1ccc(CN)cc1. The molecule has 0 radical (unpaired) electrons.